The van der Waals surface area contributed by atoms with Gasteiger partial charge in [0, 0.05) is 19.6 Å². The lowest BCUT2D eigenvalue weighted by Crippen LogP contribution is -2.40. The molecule has 0 saturated carbocycles. The van der Waals surface area contributed by atoms with Crippen LogP contribution >= 0.6 is 0 Å². The molecule has 5 nitrogen and oxygen atoms in total. The van der Waals surface area contributed by atoms with E-state index in [2.05, 4.69) is 17.4 Å². The molecule has 0 aromatic heterocycles. The van der Waals surface area contributed by atoms with Crippen molar-refractivity contribution >= 4 is 15.9 Å². The lowest BCUT2D eigenvalue weighted by molar-refractivity contribution is 0.205. The predicted octanol–water partition coefficient (Wildman–Crippen LogP) is 1.70. The third-order valence-corrected chi connectivity index (χ3v) is 6.65. The first-order chi connectivity index (χ1) is 11.0. The van der Waals surface area contributed by atoms with Crippen LogP contribution in [-0.2, 0) is 16.3 Å². The number of hydrogen-bond acceptors (Lipinski definition) is 3. The van der Waals surface area contributed by atoms with Crippen LogP contribution in [0, 0.1) is 11.8 Å². The van der Waals surface area contributed by atoms with E-state index in [1.807, 2.05) is 23.1 Å². The zero-order chi connectivity index (χ0) is 16.3. The minimum Gasteiger partial charge on any atom is -0.338 e. The predicted molar refractivity (Wildman–Crippen MR) is 90.0 cm³/mol. The first kappa shape index (κ1) is 16.3. The van der Waals surface area contributed by atoms with E-state index in [0.717, 1.165) is 25.9 Å². The Balaban J connectivity index is 1.43. The van der Waals surface area contributed by atoms with Crippen molar-refractivity contribution in [3.63, 3.8) is 0 Å². The number of urea groups is 1. The molecule has 0 aliphatic carbocycles. The van der Waals surface area contributed by atoms with Crippen molar-refractivity contribution in [2.45, 2.75) is 19.3 Å². The van der Waals surface area contributed by atoms with Crippen molar-refractivity contribution in [2.75, 3.05) is 31.1 Å². The van der Waals surface area contributed by atoms with Crippen LogP contribution in [0.3, 0.4) is 0 Å². The molecule has 1 N–H and O–H groups in total. The van der Waals surface area contributed by atoms with Crippen LogP contribution in [0.4, 0.5) is 4.79 Å². The lowest BCUT2D eigenvalue weighted by atomic mass is 9.99. The van der Waals surface area contributed by atoms with Gasteiger partial charge in [0.25, 0.3) is 0 Å². The van der Waals surface area contributed by atoms with E-state index < -0.39 is 9.84 Å². The fourth-order valence-electron chi connectivity index (χ4n) is 3.51. The average Bonchev–Trinajstić information content (AvgIpc) is 3.12. The maximum atomic E-state index is 12.2. The standard InChI is InChI=1S/C17H24N2O3S/c20-17(18-11-16-7-9-23(21,22)13-16)19-8-6-15(12-19)10-14-4-2-1-3-5-14/h1-5,15-16H,6-13H2,(H,18,20)/t15-,16-/m1/s1. The van der Waals surface area contributed by atoms with Crippen LogP contribution in [-0.4, -0.2) is 50.5 Å². The third kappa shape index (κ3) is 4.47. The van der Waals surface area contributed by atoms with Gasteiger partial charge in [0.05, 0.1) is 11.5 Å². The maximum Gasteiger partial charge on any atom is 0.317 e. The summed E-state index contributed by atoms with van der Waals surface area (Å²) in [5, 5.41) is 2.91. The van der Waals surface area contributed by atoms with Gasteiger partial charge < -0.3 is 10.2 Å². The number of benzene rings is 1. The number of nitrogens with zero attached hydrogens (tertiary/aromatic N) is 1. The fourth-order valence-corrected chi connectivity index (χ4v) is 5.37. The summed E-state index contributed by atoms with van der Waals surface area (Å²) in [6.45, 7) is 2.04. The van der Waals surface area contributed by atoms with Crippen molar-refractivity contribution in [1.29, 1.82) is 0 Å². The SMILES string of the molecule is O=C(NC[C@H]1CCS(=O)(=O)C1)N1CC[C@H](Cc2ccccc2)C1. The first-order valence-corrected chi connectivity index (χ1v) is 10.1. The van der Waals surface area contributed by atoms with Gasteiger partial charge >= 0.3 is 6.03 Å². The van der Waals surface area contributed by atoms with Gasteiger partial charge in [-0.1, -0.05) is 30.3 Å². The van der Waals surface area contributed by atoms with Crippen molar-refractivity contribution in [3.8, 4) is 0 Å². The molecular formula is C17H24N2O3S. The molecule has 2 atom stereocenters. The number of rotatable bonds is 4. The number of likely N-dealkylation sites (tertiary alicyclic amines) is 1. The zero-order valence-electron chi connectivity index (χ0n) is 13.3. The van der Waals surface area contributed by atoms with Crippen LogP contribution in [0.15, 0.2) is 30.3 Å². The zero-order valence-corrected chi connectivity index (χ0v) is 14.1. The normalized spacial score (nSPS) is 26.3. The number of amides is 2. The Labute approximate surface area is 138 Å². The molecule has 2 amide bonds. The van der Waals surface area contributed by atoms with Crippen LogP contribution in [0.1, 0.15) is 18.4 Å². The van der Waals surface area contributed by atoms with Crippen molar-refractivity contribution < 1.29 is 13.2 Å². The van der Waals surface area contributed by atoms with E-state index in [0.29, 0.717) is 18.9 Å². The minimum atomic E-state index is -2.87. The van der Waals surface area contributed by atoms with E-state index in [4.69, 9.17) is 0 Å². The van der Waals surface area contributed by atoms with Gasteiger partial charge in [-0.3, -0.25) is 0 Å². The molecule has 2 heterocycles. The average molecular weight is 336 g/mol. The van der Waals surface area contributed by atoms with Gasteiger partial charge in [-0.15, -0.1) is 0 Å². The summed E-state index contributed by atoms with van der Waals surface area (Å²) < 4.78 is 22.9. The largest absolute Gasteiger partial charge is 0.338 e. The number of hydrogen-bond donors (Lipinski definition) is 1. The fraction of sp³-hybridized carbons (Fsp3) is 0.588. The molecule has 0 unspecified atom stereocenters. The smallest absolute Gasteiger partial charge is 0.317 e. The number of carbonyl (C=O) groups excluding carboxylic acids is 1. The van der Waals surface area contributed by atoms with Crippen molar-refractivity contribution in [1.82, 2.24) is 10.2 Å². The molecule has 2 aliphatic rings. The van der Waals surface area contributed by atoms with Gasteiger partial charge in [0.15, 0.2) is 9.84 Å². The molecule has 0 bridgehead atoms. The van der Waals surface area contributed by atoms with Gasteiger partial charge in [-0.05, 0) is 36.7 Å². The number of nitrogens with one attached hydrogen (secondary N) is 1. The molecule has 2 saturated heterocycles. The van der Waals surface area contributed by atoms with Gasteiger partial charge in [0.1, 0.15) is 0 Å². The monoisotopic (exact) mass is 336 g/mol. The summed E-state index contributed by atoms with van der Waals surface area (Å²) in [5.41, 5.74) is 1.32. The summed E-state index contributed by atoms with van der Waals surface area (Å²) in [5.74, 6) is 1.06. The molecular weight excluding hydrogens is 312 g/mol. The highest BCUT2D eigenvalue weighted by molar-refractivity contribution is 7.91. The highest BCUT2D eigenvalue weighted by atomic mass is 32.2. The molecule has 0 radical (unpaired) electrons. The van der Waals surface area contributed by atoms with Crippen LogP contribution in [0.25, 0.3) is 0 Å². The lowest BCUT2D eigenvalue weighted by Gasteiger charge is -2.19. The second kappa shape index (κ2) is 6.91. The van der Waals surface area contributed by atoms with Crippen molar-refractivity contribution in [3.05, 3.63) is 35.9 Å². The highest BCUT2D eigenvalue weighted by Gasteiger charge is 2.30. The van der Waals surface area contributed by atoms with E-state index >= 15 is 0 Å². The maximum absolute atomic E-state index is 12.2. The quantitative estimate of drug-likeness (QED) is 0.910. The Hall–Kier alpha value is -1.56. The number of sulfone groups is 1. The number of carbonyl (C=O) groups is 1. The van der Waals surface area contributed by atoms with Gasteiger partial charge in [-0.2, -0.15) is 0 Å². The second-order valence-electron chi connectivity index (χ2n) is 6.75. The molecule has 126 valence electrons. The van der Waals surface area contributed by atoms with Crippen LogP contribution < -0.4 is 5.32 Å². The van der Waals surface area contributed by atoms with E-state index in [9.17, 15) is 13.2 Å². The molecule has 23 heavy (non-hydrogen) atoms. The summed E-state index contributed by atoms with van der Waals surface area (Å²) in [6.07, 6.45) is 2.70. The Bertz CT molecular complexity index is 645. The van der Waals surface area contributed by atoms with Gasteiger partial charge in [0.2, 0.25) is 0 Å². The Morgan fingerprint density at radius 3 is 2.65 bits per heavy atom. The van der Waals surface area contributed by atoms with E-state index in [1.54, 1.807) is 0 Å². The van der Waals surface area contributed by atoms with Crippen LogP contribution in [0.2, 0.25) is 0 Å². The minimum absolute atomic E-state index is 0.0511. The molecule has 6 heteroatoms. The molecule has 2 aliphatic heterocycles. The molecule has 3 rings (SSSR count). The first-order valence-electron chi connectivity index (χ1n) is 8.29. The van der Waals surface area contributed by atoms with E-state index in [1.165, 1.54) is 5.56 Å². The molecule has 1 aromatic rings. The Morgan fingerprint density at radius 1 is 1.17 bits per heavy atom. The second-order valence-corrected chi connectivity index (χ2v) is 8.97. The van der Waals surface area contributed by atoms with Crippen molar-refractivity contribution in [2.24, 2.45) is 11.8 Å². The van der Waals surface area contributed by atoms with Gasteiger partial charge in [-0.25, -0.2) is 13.2 Å². The topological polar surface area (TPSA) is 66.5 Å². The highest BCUT2D eigenvalue weighted by Crippen LogP contribution is 2.21. The van der Waals surface area contributed by atoms with E-state index in [-0.39, 0.29) is 23.5 Å². The summed E-state index contributed by atoms with van der Waals surface area (Å²) >= 11 is 0. The summed E-state index contributed by atoms with van der Waals surface area (Å²) in [6, 6.07) is 10.3. The van der Waals surface area contributed by atoms with Crippen LogP contribution in [0.5, 0.6) is 0 Å². The molecule has 1 aromatic carbocycles. The third-order valence-electron chi connectivity index (χ3n) is 4.81. The molecule has 0 spiro atoms. The molecule has 2 fully saturated rings. The summed E-state index contributed by atoms with van der Waals surface area (Å²) in [4.78, 5) is 14.1. The Morgan fingerprint density at radius 2 is 1.96 bits per heavy atom. The summed E-state index contributed by atoms with van der Waals surface area (Å²) in [7, 11) is -2.87. The Kier molecular flexibility index (Phi) is 4.90.